The summed E-state index contributed by atoms with van der Waals surface area (Å²) in [7, 11) is 0. The largest absolute Gasteiger partial charge is 0.379 e. The van der Waals surface area contributed by atoms with E-state index in [0.717, 1.165) is 25.9 Å². The van der Waals surface area contributed by atoms with E-state index in [0.29, 0.717) is 6.61 Å². The summed E-state index contributed by atoms with van der Waals surface area (Å²) < 4.78 is 5.16. The van der Waals surface area contributed by atoms with Crippen LogP contribution in [0.2, 0.25) is 0 Å². The molecule has 1 atom stereocenters. The molecule has 1 aliphatic heterocycles. The highest BCUT2D eigenvalue weighted by molar-refractivity contribution is 5.74. The lowest BCUT2D eigenvalue weighted by molar-refractivity contribution is 0.186. The minimum Gasteiger partial charge on any atom is -0.379 e. The molecule has 80 valence electrons. The van der Waals surface area contributed by atoms with Gasteiger partial charge in [-0.25, -0.2) is 4.79 Å². The number of carbonyl (C=O) groups is 1. The summed E-state index contributed by atoms with van der Waals surface area (Å²) in [6, 6.07) is 0.642. The summed E-state index contributed by atoms with van der Waals surface area (Å²) in [5.74, 6) is 0. The van der Waals surface area contributed by atoms with Crippen molar-refractivity contribution in [3.63, 3.8) is 0 Å². The summed E-state index contributed by atoms with van der Waals surface area (Å²) in [6.45, 7) is 1.39. The Kier molecular flexibility index (Phi) is 2.88. The molecule has 14 heavy (non-hydrogen) atoms. The zero-order chi connectivity index (χ0) is 9.97. The molecule has 1 aliphatic carbocycles. The molecule has 5 heteroatoms. The van der Waals surface area contributed by atoms with Crippen LogP contribution in [0.4, 0.5) is 4.79 Å². The van der Waals surface area contributed by atoms with Gasteiger partial charge in [-0.15, -0.1) is 0 Å². The second kappa shape index (κ2) is 4.14. The molecule has 1 unspecified atom stereocenters. The van der Waals surface area contributed by atoms with Crippen LogP contribution in [-0.4, -0.2) is 37.4 Å². The molecule has 0 aromatic rings. The number of hydrogen-bond acceptors (Lipinski definition) is 3. The number of nitrogens with two attached hydrogens (primary N) is 1. The molecule has 2 rings (SSSR count). The van der Waals surface area contributed by atoms with Gasteiger partial charge in [0.1, 0.15) is 0 Å². The first-order chi connectivity index (χ1) is 6.74. The van der Waals surface area contributed by atoms with Crippen LogP contribution in [-0.2, 0) is 4.74 Å². The predicted octanol–water partition coefficient (Wildman–Crippen LogP) is -0.436. The van der Waals surface area contributed by atoms with Crippen LogP contribution in [0.1, 0.15) is 19.3 Å². The van der Waals surface area contributed by atoms with E-state index in [9.17, 15) is 4.79 Å². The van der Waals surface area contributed by atoms with Crippen molar-refractivity contribution >= 4 is 6.03 Å². The van der Waals surface area contributed by atoms with Crippen LogP contribution in [0.5, 0.6) is 0 Å². The van der Waals surface area contributed by atoms with Crippen LogP contribution in [0.15, 0.2) is 0 Å². The SMILES string of the molecule is NC1CC(NC(=O)NC2CCOC2)C1. The third-order valence-electron chi connectivity index (χ3n) is 2.77. The predicted molar refractivity (Wildman–Crippen MR) is 51.9 cm³/mol. The van der Waals surface area contributed by atoms with Crippen LogP contribution in [0.3, 0.4) is 0 Å². The van der Waals surface area contributed by atoms with E-state index in [1.807, 2.05) is 0 Å². The zero-order valence-electron chi connectivity index (χ0n) is 8.16. The van der Waals surface area contributed by atoms with Gasteiger partial charge in [0, 0.05) is 18.7 Å². The molecule has 0 aromatic heterocycles. The Morgan fingerprint density at radius 2 is 2.00 bits per heavy atom. The molecule has 5 nitrogen and oxygen atoms in total. The molecule has 0 bridgehead atoms. The van der Waals surface area contributed by atoms with E-state index < -0.39 is 0 Å². The van der Waals surface area contributed by atoms with E-state index >= 15 is 0 Å². The van der Waals surface area contributed by atoms with Gasteiger partial charge < -0.3 is 21.1 Å². The zero-order valence-corrected chi connectivity index (χ0v) is 8.16. The quantitative estimate of drug-likeness (QED) is 0.564. The molecule has 2 aliphatic rings. The van der Waals surface area contributed by atoms with Gasteiger partial charge in [0.05, 0.1) is 12.6 Å². The molecule has 2 amide bonds. The number of nitrogens with one attached hydrogen (secondary N) is 2. The fourth-order valence-electron chi connectivity index (χ4n) is 1.84. The van der Waals surface area contributed by atoms with E-state index in [-0.39, 0.29) is 24.2 Å². The number of rotatable bonds is 2. The second-order valence-corrected chi connectivity index (χ2v) is 4.11. The molecule has 0 radical (unpaired) electrons. The van der Waals surface area contributed by atoms with Crippen LogP contribution in [0, 0.1) is 0 Å². The monoisotopic (exact) mass is 199 g/mol. The molecule has 4 N–H and O–H groups in total. The molecule has 1 heterocycles. The maximum atomic E-state index is 11.4. The minimum absolute atomic E-state index is 0.0857. The minimum atomic E-state index is -0.0857. The molecule has 2 fully saturated rings. The first-order valence-corrected chi connectivity index (χ1v) is 5.14. The van der Waals surface area contributed by atoms with Crippen molar-refractivity contribution in [2.45, 2.75) is 37.4 Å². The van der Waals surface area contributed by atoms with Crippen LogP contribution in [0.25, 0.3) is 0 Å². The Bertz CT molecular complexity index is 210. The number of urea groups is 1. The van der Waals surface area contributed by atoms with E-state index in [2.05, 4.69) is 10.6 Å². The lowest BCUT2D eigenvalue weighted by Crippen LogP contribution is -2.54. The lowest BCUT2D eigenvalue weighted by Gasteiger charge is -2.33. The van der Waals surface area contributed by atoms with Crippen molar-refractivity contribution in [1.29, 1.82) is 0 Å². The van der Waals surface area contributed by atoms with Gasteiger partial charge >= 0.3 is 6.03 Å². The van der Waals surface area contributed by atoms with Gasteiger partial charge in [-0.05, 0) is 19.3 Å². The van der Waals surface area contributed by atoms with Gasteiger partial charge in [-0.3, -0.25) is 0 Å². The summed E-state index contributed by atoms with van der Waals surface area (Å²) in [5, 5.41) is 5.76. The third-order valence-corrected chi connectivity index (χ3v) is 2.77. The maximum absolute atomic E-state index is 11.4. The van der Waals surface area contributed by atoms with Gasteiger partial charge in [0.15, 0.2) is 0 Å². The fourth-order valence-corrected chi connectivity index (χ4v) is 1.84. The molecule has 1 saturated heterocycles. The third kappa shape index (κ3) is 2.36. The summed E-state index contributed by atoms with van der Waals surface area (Å²) >= 11 is 0. The van der Waals surface area contributed by atoms with Crippen molar-refractivity contribution in [1.82, 2.24) is 10.6 Å². The van der Waals surface area contributed by atoms with Gasteiger partial charge in [0.2, 0.25) is 0 Å². The molecular weight excluding hydrogens is 182 g/mol. The summed E-state index contributed by atoms with van der Waals surface area (Å²) in [5.41, 5.74) is 5.62. The number of ether oxygens (including phenoxy) is 1. The van der Waals surface area contributed by atoms with Gasteiger partial charge in [-0.1, -0.05) is 0 Å². The van der Waals surface area contributed by atoms with Crippen molar-refractivity contribution in [3.8, 4) is 0 Å². The highest BCUT2D eigenvalue weighted by Gasteiger charge is 2.28. The fraction of sp³-hybridized carbons (Fsp3) is 0.889. The number of amides is 2. The second-order valence-electron chi connectivity index (χ2n) is 4.11. The van der Waals surface area contributed by atoms with Crippen molar-refractivity contribution in [2.24, 2.45) is 5.73 Å². The first kappa shape index (κ1) is 9.73. The van der Waals surface area contributed by atoms with Gasteiger partial charge in [0.25, 0.3) is 0 Å². The van der Waals surface area contributed by atoms with E-state index in [1.165, 1.54) is 0 Å². The molecular formula is C9H17N3O2. The average molecular weight is 199 g/mol. The Morgan fingerprint density at radius 3 is 2.57 bits per heavy atom. The van der Waals surface area contributed by atoms with E-state index in [4.69, 9.17) is 10.5 Å². The van der Waals surface area contributed by atoms with E-state index in [1.54, 1.807) is 0 Å². The Morgan fingerprint density at radius 1 is 1.29 bits per heavy atom. The van der Waals surface area contributed by atoms with Crippen LogP contribution >= 0.6 is 0 Å². The highest BCUT2D eigenvalue weighted by atomic mass is 16.5. The Hall–Kier alpha value is -0.810. The Labute approximate surface area is 83.4 Å². The summed E-state index contributed by atoms with van der Waals surface area (Å²) in [4.78, 5) is 11.4. The smallest absolute Gasteiger partial charge is 0.315 e. The number of hydrogen-bond donors (Lipinski definition) is 3. The highest BCUT2D eigenvalue weighted by Crippen LogP contribution is 2.17. The lowest BCUT2D eigenvalue weighted by atomic mass is 9.88. The van der Waals surface area contributed by atoms with Crippen molar-refractivity contribution in [2.75, 3.05) is 13.2 Å². The average Bonchev–Trinajstić information content (AvgIpc) is 2.54. The summed E-state index contributed by atoms with van der Waals surface area (Å²) in [6.07, 6.45) is 2.71. The standard InChI is InChI=1S/C9H17N3O2/c10-6-3-8(4-6)12-9(13)11-7-1-2-14-5-7/h6-8H,1-5,10H2,(H2,11,12,13). The number of carbonyl (C=O) groups excluding carboxylic acids is 1. The van der Waals surface area contributed by atoms with Crippen LogP contribution < -0.4 is 16.4 Å². The topological polar surface area (TPSA) is 76.4 Å². The normalized spacial score (nSPS) is 36.2. The van der Waals surface area contributed by atoms with Crippen molar-refractivity contribution < 1.29 is 9.53 Å². The van der Waals surface area contributed by atoms with Gasteiger partial charge in [-0.2, -0.15) is 0 Å². The maximum Gasteiger partial charge on any atom is 0.315 e. The Balaban J connectivity index is 1.63. The molecule has 0 aromatic carbocycles. The first-order valence-electron chi connectivity index (χ1n) is 5.14. The van der Waals surface area contributed by atoms with Crippen molar-refractivity contribution in [3.05, 3.63) is 0 Å². The molecule has 0 spiro atoms. The molecule has 1 saturated carbocycles.